The fourth-order valence-electron chi connectivity index (χ4n) is 2.58. The Bertz CT molecular complexity index is 958. The largest absolute Gasteiger partial charge is 0.426 e. The second-order valence-electron chi connectivity index (χ2n) is 5.31. The monoisotopic (exact) mass is 308 g/mol. The van der Waals surface area contributed by atoms with Gasteiger partial charge >= 0.3 is 0 Å². The molecule has 2 aromatic heterocycles. The average Bonchev–Trinajstić information content (AvgIpc) is 3.17. The van der Waals surface area contributed by atoms with Crippen LogP contribution < -0.4 is 0 Å². The lowest BCUT2D eigenvalue weighted by molar-refractivity contribution is 0.203. The summed E-state index contributed by atoms with van der Waals surface area (Å²) in [5, 5.41) is 10.4. The minimum atomic E-state index is -0.322. The molecule has 0 bridgehead atoms. The molecule has 0 saturated carbocycles. The van der Waals surface area contributed by atoms with Crippen molar-refractivity contribution in [2.45, 2.75) is 6.54 Å². The van der Waals surface area contributed by atoms with Crippen LogP contribution in [-0.2, 0) is 6.54 Å². The summed E-state index contributed by atoms with van der Waals surface area (Å²) < 4.78 is 16.0. The van der Waals surface area contributed by atoms with E-state index in [1.165, 1.54) is 12.1 Å². The Labute approximate surface area is 131 Å². The third-order valence-corrected chi connectivity index (χ3v) is 3.72. The van der Waals surface area contributed by atoms with Crippen molar-refractivity contribution in [3.63, 3.8) is 0 Å². The number of aromatic nitrogens is 4. The second kappa shape index (κ2) is 5.24. The van der Waals surface area contributed by atoms with E-state index in [4.69, 9.17) is 0 Å². The van der Waals surface area contributed by atoms with Gasteiger partial charge in [0.1, 0.15) is 11.3 Å². The van der Waals surface area contributed by atoms with Crippen molar-refractivity contribution in [1.29, 1.82) is 0 Å². The number of benzene rings is 2. The highest BCUT2D eigenvalue weighted by molar-refractivity contribution is 5.80. The second-order valence-corrected chi connectivity index (χ2v) is 5.31. The van der Waals surface area contributed by atoms with Crippen LogP contribution in [-0.4, -0.2) is 24.5 Å². The average molecular weight is 308 g/mol. The molecule has 0 radical (unpaired) electrons. The number of hydrogen-bond donors (Lipinski definition) is 1. The third kappa shape index (κ3) is 2.44. The number of rotatable bonds is 3. The van der Waals surface area contributed by atoms with Gasteiger partial charge in [0, 0.05) is 24.5 Å². The predicted molar refractivity (Wildman–Crippen MR) is 83.6 cm³/mol. The quantitative estimate of drug-likeness (QED) is 0.591. The Hall–Kier alpha value is -3.15. The van der Waals surface area contributed by atoms with Crippen molar-refractivity contribution in [3.8, 4) is 11.4 Å². The Balaban J connectivity index is 1.77. The molecule has 6 heteroatoms. The predicted octanol–water partition coefficient (Wildman–Crippen LogP) is 3.32. The molecule has 0 aliphatic rings. The van der Waals surface area contributed by atoms with Crippen molar-refractivity contribution < 1.29 is 9.60 Å². The van der Waals surface area contributed by atoms with E-state index < -0.39 is 0 Å². The van der Waals surface area contributed by atoms with Crippen LogP contribution in [0.3, 0.4) is 0 Å². The van der Waals surface area contributed by atoms with E-state index >= 15 is 0 Å². The summed E-state index contributed by atoms with van der Waals surface area (Å²) in [5.41, 5.74) is 2.97. The van der Waals surface area contributed by atoms with Gasteiger partial charge in [0.05, 0.1) is 11.8 Å². The molecule has 5 nitrogen and oxygen atoms in total. The minimum Gasteiger partial charge on any atom is -0.426 e. The Morgan fingerprint density at radius 2 is 1.91 bits per heavy atom. The maximum atomic E-state index is 13.0. The SMILES string of the molecule is On1c(-c2ccc(F)cc2)nc2ccc(Cn3ccnc3)cc21. The zero-order valence-electron chi connectivity index (χ0n) is 12.1. The highest BCUT2D eigenvalue weighted by Gasteiger charge is 2.12. The number of nitrogens with zero attached hydrogens (tertiary/aromatic N) is 4. The van der Waals surface area contributed by atoms with Gasteiger partial charge in [-0.2, -0.15) is 4.73 Å². The maximum absolute atomic E-state index is 13.0. The molecule has 1 N–H and O–H groups in total. The van der Waals surface area contributed by atoms with Crippen LogP contribution in [0.15, 0.2) is 61.2 Å². The molecular formula is C17H13FN4O. The Kier molecular flexibility index (Phi) is 3.08. The molecule has 114 valence electrons. The summed E-state index contributed by atoms with van der Waals surface area (Å²) in [4.78, 5) is 8.44. The normalized spacial score (nSPS) is 11.2. The van der Waals surface area contributed by atoms with Gasteiger partial charge in [-0.3, -0.25) is 0 Å². The zero-order chi connectivity index (χ0) is 15.8. The summed E-state index contributed by atoms with van der Waals surface area (Å²) in [6, 6.07) is 11.6. The van der Waals surface area contributed by atoms with Gasteiger partial charge in [-0.15, -0.1) is 0 Å². The molecule has 0 aliphatic carbocycles. The molecule has 23 heavy (non-hydrogen) atoms. The molecule has 0 fully saturated rings. The standard InChI is InChI=1S/C17H13FN4O/c18-14-4-2-13(3-5-14)17-20-15-6-1-12(9-16(15)22(17)23)10-21-8-7-19-11-21/h1-9,11,23H,10H2. The topological polar surface area (TPSA) is 55.9 Å². The lowest BCUT2D eigenvalue weighted by atomic mass is 10.2. The Morgan fingerprint density at radius 3 is 2.65 bits per heavy atom. The van der Waals surface area contributed by atoms with Gasteiger partial charge < -0.3 is 9.77 Å². The van der Waals surface area contributed by atoms with Crippen LogP contribution >= 0.6 is 0 Å². The van der Waals surface area contributed by atoms with Crippen molar-refractivity contribution in [2.24, 2.45) is 0 Å². The van der Waals surface area contributed by atoms with Gasteiger partial charge in [0.15, 0.2) is 5.82 Å². The van der Waals surface area contributed by atoms with Gasteiger partial charge in [-0.05, 0) is 42.0 Å². The number of imidazole rings is 2. The van der Waals surface area contributed by atoms with Gasteiger partial charge in [-0.25, -0.2) is 14.4 Å². The van der Waals surface area contributed by atoms with Crippen LogP contribution in [0.25, 0.3) is 22.4 Å². The fourth-order valence-corrected chi connectivity index (χ4v) is 2.58. The molecule has 2 aromatic carbocycles. The number of halogens is 1. The molecule has 0 atom stereocenters. The number of fused-ring (bicyclic) bond motifs is 1. The lowest BCUT2D eigenvalue weighted by Gasteiger charge is -2.03. The van der Waals surface area contributed by atoms with Gasteiger partial charge in [0.25, 0.3) is 0 Å². The van der Waals surface area contributed by atoms with Crippen molar-refractivity contribution in [2.75, 3.05) is 0 Å². The summed E-state index contributed by atoms with van der Waals surface area (Å²) in [6.07, 6.45) is 5.34. The molecule has 0 unspecified atom stereocenters. The van der Waals surface area contributed by atoms with E-state index in [0.29, 0.717) is 29.0 Å². The first-order chi connectivity index (χ1) is 11.2. The van der Waals surface area contributed by atoms with Crippen LogP contribution in [0, 0.1) is 5.82 Å². The molecule has 0 aliphatic heterocycles. The van der Waals surface area contributed by atoms with E-state index in [2.05, 4.69) is 9.97 Å². The van der Waals surface area contributed by atoms with Crippen LogP contribution in [0.2, 0.25) is 0 Å². The summed E-state index contributed by atoms with van der Waals surface area (Å²) in [5.74, 6) is 0.0664. The van der Waals surface area contributed by atoms with E-state index in [9.17, 15) is 9.60 Å². The molecule has 0 spiro atoms. The highest BCUT2D eigenvalue weighted by atomic mass is 19.1. The van der Waals surface area contributed by atoms with Gasteiger partial charge in [-0.1, -0.05) is 6.07 Å². The molecule has 4 rings (SSSR count). The first-order valence-corrected chi connectivity index (χ1v) is 7.13. The van der Waals surface area contributed by atoms with E-state index in [1.807, 2.05) is 29.0 Å². The first kappa shape index (κ1) is 13.5. The molecule has 4 aromatic rings. The van der Waals surface area contributed by atoms with Crippen LogP contribution in [0.1, 0.15) is 5.56 Å². The first-order valence-electron chi connectivity index (χ1n) is 7.13. The maximum Gasteiger partial charge on any atom is 0.176 e. The molecule has 2 heterocycles. The van der Waals surface area contributed by atoms with Crippen molar-refractivity contribution >= 4 is 11.0 Å². The zero-order valence-corrected chi connectivity index (χ0v) is 12.1. The van der Waals surface area contributed by atoms with Crippen molar-refractivity contribution in [3.05, 3.63) is 72.6 Å². The molecule has 0 saturated heterocycles. The Morgan fingerprint density at radius 1 is 1.09 bits per heavy atom. The van der Waals surface area contributed by atoms with Crippen LogP contribution in [0.5, 0.6) is 0 Å². The van der Waals surface area contributed by atoms with E-state index in [1.54, 1.807) is 24.7 Å². The highest BCUT2D eigenvalue weighted by Crippen LogP contribution is 2.24. The van der Waals surface area contributed by atoms with E-state index in [0.717, 1.165) is 10.3 Å². The third-order valence-electron chi connectivity index (χ3n) is 3.72. The van der Waals surface area contributed by atoms with Gasteiger partial charge in [0.2, 0.25) is 0 Å². The smallest absolute Gasteiger partial charge is 0.176 e. The fraction of sp³-hybridized carbons (Fsp3) is 0.0588. The summed E-state index contributed by atoms with van der Waals surface area (Å²) in [6.45, 7) is 0.660. The summed E-state index contributed by atoms with van der Waals surface area (Å²) >= 11 is 0. The lowest BCUT2D eigenvalue weighted by Crippen LogP contribution is -1.98. The minimum absolute atomic E-state index is 0.322. The number of hydrogen-bond acceptors (Lipinski definition) is 3. The summed E-state index contributed by atoms with van der Waals surface area (Å²) in [7, 11) is 0. The van der Waals surface area contributed by atoms with Crippen molar-refractivity contribution in [1.82, 2.24) is 19.3 Å². The van der Waals surface area contributed by atoms with E-state index in [-0.39, 0.29) is 5.82 Å². The molecular weight excluding hydrogens is 295 g/mol. The molecule has 0 amide bonds. The van der Waals surface area contributed by atoms with Crippen LogP contribution in [0.4, 0.5) is 4.39 Å².